The lowest BCUT2D eigenvalue weighted by Crippen LogP contribution is -2.31. The molecule has 76 valence electrons. The maximum Gasteiger partial charge on any atom is 0.230 e. The van der Waals surface area contributed by atoms with Crippen molar-refractivity contribution in [2.75, 3.05) is 5.75 Å². The van der Waals surface area contributed by atoms with Crippen LogP contribution in [0.2, 0.25) is 0 Å². The topological polar surface area (TPSA) is 29.1 Å². The van der Waals surface area contributed by atoms with Gasteiger partial charge in [0.1, 0.15) is 0 Å². The van der Waals surface area contributed by atoms with Gasteiger partial charge in [-0.05, 0) is 26.0 Å². The minimum Gasteiger partial charge on any atom is -0.353 e. The standard InChI is InChI=1S/C11H15NOS/c1-9(2)12-11(13)8-14-10-6-4-3-5-7-10/h3-7,9H,8H2,1-2H3,(H,12,13). The van der Waals surface area contributed by atoms with Gasteiger partial charge >= 0.3 is 0 Å². The van der Waals surface area contributed by atoms with Gasteiger partial charge in [-0.25, -0.2) is 0 Å². The normalized spacial score (nSPS) is 10.2. The summed E-state index contributed by atoms with van der Waals surface area (Å²) in [5.41, 5.74) is 0. The van der Waals surface area contributed by atoms with Gasteiger partial charge in [-0.2, -0.15) is 0 Å². The van der Waals surface area contributed by atoms with Crippen molar-refractivity contribution in [1.29, 1.82) is 0 Å². The highest BCUT2D eigenvalue weighted by atomic mass is 32.2. The number of carbonyl (C=O) groups excluding carboxylic acids is 1. The molecule has 14 heavy (non-hydrogen) atoms. The van der Waals surface area contributed by atoms with Crippen molar-refractivity contribution in [3.63, 3.8) is 0 Å². The highest BCUT2D eigenvalue weighted by molar-refractivity contribution is 8.00. The third kappa shape index (κ3) is 4.33. The van der Waals surface area contributed by atoms with Crippen LogP contribution < -0.4 is 5.32 Å². The Morgan fingerprint density at radius 1 is 1.36 bits per heavy atom. The minimum atomic E-state index is 0.0915. The monoisotopic (exact) mass is 209 g/mol. The Kier molecular flexibility index (Phi) is 4.53. The average Bonchev–Trinajstić information content (AvgIpc) is 2.15. The third-order valence-corrected chi connectivity index (χ3v) is 2.57. The summed E-state index contributed by atoms with van der Waals surface area (Å²) in [5.74, 6) is 0.580. The van der Waals surface area contributed by atoms with Crippen molar-refractivity contribution in [1.82, 2.24) is 5.32 Å². The predicted molar refractivity (Wildman–Crippen MR) is 60.4 cm³/mol. The molecule has 0 aliphatic carbocycles. The van der Waals surface area contributed by atoms with Gasteiger partial charge in [-0.1, -0.05) is 18.2 Å². The van der Waals surface area contributed by atoms with Crippen LogP contribution in [0.3, 0.4) is 0 Å². The van der Waals surface area contributed by atoms with Crippen LogP contribution in [0.1, 0.15) is 13.8 Å². The Morgan fingerprint density at radius 2 is 2.00 bits per heavy atom. The van der Waals surface area contributed by atoms with E-state index in [1.807, 2.05) is 44.2 Å². The molecule has 0 heterocycles. The quantitative estimate of drug-likeness (QED) is 0.771. The fraction of sp³-hybridized carbons (Fsp3) is 0.364. The van der Waals surface area contributed by atoms with Gasteiger partial charge in [0.2, 0.25) is 5.91 Å². The molecule has 1 aromatic carbocycles. The lowest BCUT2D eigenvalue weighted by Gasteiger charge is -2.07. The van der Waals surface area contributed by atoms with Gasteiger partial charge in [0.25, 0.3) is 0 Å². The summed E-state index contributed by atoms with van der Waals surface area (Å²) in [7, 11) is 0. The molecule has 2 nitrogen and oxygen atoms in total. The number of rotatable bonds is 4. The number of hydrogen-bond acceptors (Lipinski definition) is 2. The van der Waals surface area contributed by atoms with Gasteiger partial charge < -0.3 is 5.32 Å². The summed E-state index contributed by atoms with van der Waals surface area (Å²) in [6, 6.07) is 10.2. The molecule has 0 fully saturated rings. The molecule has 0 atom stereocenters. The highest BCUT2D eigenvalue weighted by Gasteiger charge is 2.03. The summed E-state index contributed by atoms with van der Waals surface area (Å²) in [6.07, 6.45) is 0. The Bertz CT molecular complexity index is 285. The fourth-order valence-electron chi connectivity index (χ4n) is 1.03. The first-order valence-corrected chi connectivity index (χ1v) is 5.64. The summed E-state index contributed by atoms with van der Waals surface area (Å²) in [4.78, 5) is 12.4. The Hall–Kier alpha value is -0.960. The molecule has 0 spiro atoms. The molecule has 0 unspecified atom stereocenters. The summed E-state index contributed by atoms with van der Waals surface area (Å²) < 4.78 is 0. The maximum atomic E-state index is 11.3. The van der Waals surface area contributed by atoms with Crippen LogP contribution in [0.4, 0.5) is 0 Å². The van der Waals surface area contributed by atoms with Crippen molar-refractivity contribution in [2.24, 2.45) is 0 Å². The van der Waals surface area contributed by atoms with Crippen LogP contribution in [0, 0.1) is 0 Å². The molecule has 1 rings (SSSR count). The number of hydrogen-bond donors (Lipinski definition) is 1. The van der Waals surface area contributed by atoms with Gasteiger partial charge in [-0.3, -0.25) is 4.79 Å². The Balaban J connectivity index is 2.31. The first-order chi connectivity index (χ1) is 6.68. The van der Waals surface area contributed by atoms with Gasteiger partial charge in [0.05, 0.1) is 5.75 Å². The molecule has 3 heteroatoms. The average molecular weight is 209 g/mol. The van der Waals surface area contributed by atoms with Gasteiger partial charge in [0.15, 0.2) is 0 Å². The van der Waals surface area contributed by atoms with E-state index in [2.05, 4.69) is 5.32 Å². The summed E-state index contributed by atoms with van der Waals surface area (Å²) in [6.45, 7) is 3.93. The van der Waals surface area contributed by atoms with Crippen molar-refractivity contribution in [3.8, 4) is 0 Å². The van der Waals surface area contributed by atoms with Crippen LogP contribution in [-0.4, -0.2) is 17.7 Å². The van der Waals surface area contributed by atoms with E-state index in [0.29, 0.717) is 5.75 Å². The van der Waals surface area contributed by atoms with E-state index >= 15 is 0 Å². The summed E-state index contributed by atoms with van der Waals surface area (Å²) >= 11 is 1.56. The second-order valence-electron chi connectivity index (χ2n) is 3.32. The molecule has 0 aliphatic heterocycles. The molecule has 0 bridgehead atoms. The lowest BCUT2D eigenvalue weighted by molar-refractivity contribution is -0.119. The van der Waals surface area contributed by atoms with Crippen LogP contribution in [0.25, 0.3) is 0 Å². The Labute approximate surface area is 89.1 Å². The van der Waals surface area contributed by atoms with E-state index in [1.54, 1.807) is 11.8 Å². The molecule has 0 saturated heterocycles. The highest BCUT2D eigenvalue weighted by Crippen LogP contribution is 2.16. The van der Waals surface area contributed by atoms with Crippen LogP contribution >= 0.6 is 11.8 Å². The number of carbonyl (C=O) groups is 1. The summed E-state index contributed by atoms with van der Waals surface area (Å²) in [5, 5.41) is 2.85. The van der Waals surface area contributed by atoms with E-state index in [9.17, 15) is 4.79 Å². The third-order valence-electron chi connectivity index (χ3n) is 1.56. The molecule has 0 saturated carbocycles. The molecule has 1 N–H and O–H groups in total. The van der Waals surface area contributed by atoms with Crippen LogP contribution in [0.5, 0.6) is 0 Å². The number of thioether (sulfide) groups is 1. The van der Waals surface area contributed by atoms with Gasteiger partial charge in [-0.15, -0.1) is 11.8 Å². The van der Waals surface area contributed by atoms with Gasteiger partial charge in [0, 0.05) is 10.9 Å². The van der Waals surface area contributed by atoms with Crippen LogP contribution in [0.15, 0.2) is 35.2 Å². The molecular formula is C11H15NOS. The second-order valence-corrected chi connectivity index (χ2v) is 4.37. The zero-order valence-corrected chi connectivity index (χ0v) is 9.30. The Morgan fingerprint density at radius 3 is 2.57 bits per heavy atom. The first kappa shape index (κ1) is 11.1. The zero-order valence-electron chi connectivity index (χ0n) is 8.49. The zero-order chi connectivity index (χ0) is 10.4. The van der Waals surface area contributed by atoms with Crippen molar-refractivity contribution in [2.45, 2.75) is 24.8 Å². The molecule has 0 aromatic heterocycles. The lowest BCUT2D eigenvalue weighted by atomic mass is 10.4. The molecule has 1 amide bonds. The largest absolute Gasteiger partial charge is 0.353 e. The van der Waals surface area contributed by atoms with E-state index in [0.717, 1.165) is 4.90 Å². The van der Waals surface area contributed by atoms with E-state index in [-0.39, 0.29) is 11.9 Å². The second kappa shape index (κ2) is 5.70. The molecular weight excluding hydrogens is 194 g/mol. The first-order valence-electron chi connectivity index (χ1n) is 4.65. The minimum absolute atomic E-state index is 0.0915. The van der Waals surface area contributed by atoms with Crippen LogP contribution in [-0.2, 0) is 4.79 Å². The van der Waals surface area contributed by atoms with E-state index in [4.69, 9.17) is 0 Å². The number of nitrogens with one attached hydrogen (secondary N) is 1. The van der Waals surface area contributed by atoms with Crippen molar-refractivity contribution >= 4 is 17.7 Å². The van der Waals surface area contributed by atoms with Crippen molar-refractivity contribution < 1.29 is 4.79 Å². The molecule has 0 radical (unpaired) electrons. The molecule has 0 aliphatic rings. The maximum absolute atomic E-state index is 11.3. The van der Waals surface area contributed by atoms with E-state index < -0.39 is 0 Å². The molecule has 1 aromatic rings. The van der Waals surface area contributed by atoms with Crippen molar-refractivity contribution in [3.05, 3.63) is 30.3 Å². The smallest absolute Gasteiger partial charge is 0.230 e. The number of amides is 1. The number of benzene rings is 1. The SMILES string of the molecule is CC(C)NC(=O)CSc1ccccc1. The van der Waals surface area contributed by atoms with E-state index in [1.165, 1.54) is 0 Å². The fourth-order valence-corrected chi connectivity index (χ4v) is 1.76. The predicted octanol–water partition coefficient (Wildman–Crippen LogP) is 2.30.